The molecule has 18 heavy (non-hydrogen) atoms. The summed E-state index contributed by atoms with van der Waals surface area (Å²) in [5.74, 6) is 1.60. The second-order valence-electron chi connectivity index (χ2n) is 5.49. The fourth-order valence-corrected chi connectivity index (χ4v) is 2.66. The third kappa shape index (κ3) is 2.04. The van der Waals surface area contributed by atoms with E-state index in [1.165, 1.54) is 0 Å². The Morgan fingerprint density at radius 3 is 2.56 bits per heavy atom. The summed E-state index contributed by atoms with van der Waals surface area (Å²) in [4.78, 5) is 9.47. The van der Waals surface area contributed by atoms with Crippen molar-refractivity contribution >= 4 is 0 Å². The van der Waals surface area contributed by atoms with Crippen LogP contribution in [0.5, 0.6) is 0 Å². The van der Waals surface area contributed by atoms with Gasteiger partial charge in [0, 0.05) is 38.8 Å². The highest BCUT2D eigenvalue weighted by atomic mass is 16.5. The van der Waals surface area contributed by atoms with Crippen molar-refractivity contribution in [2.45, 2.75) is 31.8 Å². The van der Waals surface area contributed by atoms with Gasteiger partial charge in [0.05, 0.1) is 12.0 Å². The summed E-state index contributed by atoms with van der Waals surface area (Å²) in [5, 5.41) is 4.15. The van der Waals surface area contributed by atoms with Crippen LogP contribution in [0.2, 0.25) is 0 Å². The summed E-state index contributed by atoms with van der Waals surface area (Å²) >= 11 is 0. The third-order valence-corrected chi connectivity index (χ3v) is 4.21. The van der Waals surface area contributed by atoms with Crippen LogP contribution in [0, 0.1) is 0 Å². The van der Waals surface area contributed by atoms with Gasteiger partial charge in [-0.05, 0) is 6.92 Å². The predicted octanol–water partition coefficient (Wildman–Crippen LogP) is 0.193. The molecule has 1 aromatic heterocycles. The van der Waals surface area contributed by atoms with E-state index in [0.717, 1.165) is 38.5 Å². The maximum absolute atomic E-state index is 5.87. The number of aromatic nitrogens is 2. The molecule has 0 saturated carbocycles. The quantitative estimate of drug-likeness (QED) is 0.827. The minimum absolute atomic E-state index is 0.0326. The van der Waals surface area contributed by atoms with Gasteiger partial charge >= 0.3 is 0 Å². The number of rotatable bonds is 3. The molecule has 4 heterocycles. The van der Waals surface area contributed by atoms with Gasteiger partial charge in [0.1, 0.15) is 0 Å². The molecule has 0 aliphatic carbocycles. The summed E-state index contributed by atoms with van der Waals surface area (Å²) in [6.07, 6.45) is 0. The van der Waals surface area contributed by atoms with Gasteiger partial charge < -0.3 is 10.3 Å². The van der Waals surface area contributed by atoms with Crippen LogP contribution in [-0.4, -0.2) is 58.7 Å². The average Bonchev–Trinajstić information content (AvgIpc) is 2.88. The van der Waals surface area contributed by atoms with E-state index in [9.17, 15) is 0 Å². The maximum atomic E-state index is 5.87. The molecule has 0 amide bonds. The lowest BCUT2D eigenvalue weighted by molar-refractivity contribution is 0.00781. The molecule has 6 nitrogen and oxygen atoms in total. The van der Waals surface area contributed by atoms with Crippen molar-refractivity contribution in [2.75, 3.05) is 32.7 Å². The number of hydrogen-bond acceptors (Lipinski definition) is 6. The third-order valence-electron chi connectivity index (χ3n) is 4.21. The summed E-state index contributed by atoms with van der Waals surface area (Å²) in [5.41, 5.74) is 5.87. The first kappa shape index (κ1) is 12.1. The van der Waals surface area contributed by atoms with Crippen molar-refractivity contribution in [3.8, 4) is 0 Å². The maximum Gasteiger partial charge on any atom is 0.231 e. The summed E-state index contributed by atoms with van der Waals surface area (Å²) in [7, 11) is 0. The molecule has 0 aromatic carbocycles. The molecule has 3 atom stereocenters. The smallest absolute Gasteiger partial charge is 0.231 e. The van der Waals surface area contributed by atoms with Crippen LogP contribution in [0.1, 0.15) is 37.5 Å². The van der Waals surface area contributed by atoms with E-state index in [1.807, 2.05) is 13.8 Å². The van der Waals surface area contributed by atoms with E-state index >= 15 is 0 Å². The molecule has 3 saturated heterocycles. The van der Waals surface area contributed by atoms with E-state index in [1.54, 1.807) is 0 Å². The SMILES string of the molecule is CC(N)C(C)c1nc(C2CN3CCN2CC3)no1. The number of fused-ring (bicyclic) bond motifs is 3. The van der Waals surface area contributed by atoms with Gasteiger partial charge in [-0.2, -0.15) is 4.98 Å². The number of piperazine rings is 3. The van der Waals surface area contributed by atoms with Crippen LogP contribution < -0.4 is 5.73 Å². The van der Waals surface area contributed by atoms with E-state index in [0.29, 0.717) is 11.9 Å². The molecular formula is C12H21N5O. The molecule has 100 valence electrons. The lowest BCUT2D eigenvalue weighted by atomic mass is 10.0. The van der Waals surface area contributed by atoms with Crippen LogP contribution in [0.25, 0.3) is 0 Å². The Labute approximate surface area is 107 Å². The highest BCUT2D eigenvalue weighted by molar-refractivity contribution is 5.04. The van der Waals surface area contributed by atoms with Crippen LogP contribution >= 0.6 is 0 Å². The van der Waals surface area contributed by atoms with Gasteiger partial charge in [-0.1, -0.05) is 12.1 Å². The Morgan fingerprint density at radius 2 is 2.00 bits per heavy atom. The van der Waals surface area contributed by atoms with Crippen LogP contribution in [-0.2, 0) is 0 Å². The zero-order chi connectivity index (χ0) is 12.7. The predicted molar refractivity (Wildman–Crippen MR) is 67.1 cm³/mol. The highest BCUT2D eigenvalue weighted by Gasteiger charge is 2.36. The molecule has 1 aromatic rings. The van der Waals surface area contributed by atoms with E-state index in [4.69, 9.17) is 10.3 Å². The zero-order valence-corrected chi connectivity index (χ0v) is 11.0. The average molecular weight is 251 g/mol. The molecule has 3 fully saturated rings. The van der Waals surface area contributed by atoms with Crippen molar-refractivity contribution in [1.82, 2.24) is 19.9 Å². The standard InChI is InChI=1S/C12H21N5O/c1-8(9(2)13)12-14-11(15-18-12)10-7-16-3-5-17(10)6-4-16/h8-10H,3-7,13H2,1-2H3. The van der Waals surface area contributed by atoms with Crippen molar-refractivity contribution in [3.63, 3.8) is 0 Å². The second-order valence-corrected chi connectivity index (χ2v) is 5.49. The molecule has 3 aliphatic rings. The van der Waals surface area contributed by atoms with Gasteiger partial charge in [-0.15, -0.1) is 0 Å². The molecule has 3 aliphatic heterocycles. The molecular weight excluding hydrogens is 230 g/mol. The van der Waals surface area contributed by atoms with Gasteiger partial charge in [0.25, 0.3) is 0 Å². The molecule has 2 N–H and O–H groups in total. The highest BCUT2D eigenvalue weighted by Crippen LogP contribution is 2.28. The van der Waals surface area contributed by atoms with Crippen molar-refractivity contribution in [3.05, 3.63) is 11.7 Å². The first-order chi connectivity index (χ1) is 8.65. The minimum atomic E-state index is 0.0326. The Morgan fingerprint density at radius 1 is 1.28 bits per heavy atom. The molecule has 0 spiro atoms. The van der Waals surface area contributed by atoms with Gasteiger partial charge in [-0.25, -0.2) is 0 Å². The largest absolute Gasteiger partial charge is 0.339 e. The van der Waals surface area contributed by atoms with Crippen molar-refractivity contribution in [2.24, 2.45) is 5.73 Å². The minimum Gasteiger partial charge on any atom is -0.339 e. The second kappa shape index (κ2) is 4.60. The summed E-state index contributed by atoms with van der Waals surface area (Å²) < 4.78 is 5.36. The fourth-order valence-electron chi connectivity index (χ4n) is 2.66. The normalized spacial score (nSPS) is 34.5. The molecule has 0 radical (unpaired) electrons. The van der Waals surface area contributed by atoms with Crippen LogP contribution in [0.15, 0.2) is 4.52 Å². The topological polar surface area (TPSA) is 71.4 Å². The van der Waals surface area contributed by atoms with E-state index < -0.39 is 0 Å². The van der Waals surface area contributed by atoms with Gasteiger partial charge in [0.2, 0.25) is 5.89 Å². The monoisotopic (exact) mass is 251 g/mol. The number of nitrogens with zero attached hydrogens (tertiary/aromatic N) is 4. The van der Waals surface area contributed by atoms with Crippen molar-refractivity contribution in [1.29, 1.82) is 0 Å². The lowest BCUT2D eigenvalue weighted by Crippen LogP contribution is -2.57. The Kier molecular flexibility index (Phi) is 3.09. The molecule has 6 heteroatoms. The van der Waals surface area contributed by atoms with Crippen LogP contribution in [0.4, 0.5) is 0 Å². The van der Waals surface area contributed by atoms with Gasteiger partial charge in [0.15, 0.2) is 5.82 Å². The molecule has 3 unspecified atom stereocenters. The molecule has 2 bridgehead atoms. The lowest BCUT2D eigenvalue weighted by Gasteiger charge is -2.46. The summed E-state index contributed by atoms with van der Waals surface area (Å²) in [6, 6.07) is 0.329. The van der Waals surface area contributed by atoms with Gasteiger partial charge in [-0.3, -0.25) is 9.80 Å². The zero-order valence-electron chi connectivity index (χ0n) is 11.0. The Bertz CT molecular complexity index is 410. The first-order valence-corrected chi connectivity index (χ1v) is 6.70. The van der Waals surface area contributed by atoms with E-state index in [-0.39, 0.29) is 12.0 Å². The Balaban J connectivity index is 1.77. The fraction of sp³-hybridized carbons (Fsp3) is 0.833. The van der Waals surface area contributed by atoms with E-state index in [2.05, 4.69) is 19.9 Å². The van der Waals surface area contributed by atoms with Crippen molar-refractivity contribution < 1.29 is 4.52 Å². The summed E-state index contributed by atoms with van der Waals surface area (Å²) in [6.45, 7) is 9.56. The first-order valence-electron chi connectivity index (χ1n) is 6.70. The Hall–Kier alpha value is -0.980. The van der Waals surface area contributed by atoms with Crippen LogP contribution in [0.3, 0.4) is 0 Å². The number of hydrogen-bond donors (Lipinski definition) is 1. The number of nitrogens with two attached hydrogens (primary N) is 1. The molecule has 4 rings (SSSR count).